The lowest BCUT2D eigenvalue weighted by Gasteiger charge is -2.11. The number of ether oxygens (including phenoxy) is 1. The van der Waals surface area contributed by atoms with Gasteiger partial charge in [-0.2, -0.15) is 5.10 Å². The first-order chi connectivity index (χ1) is 16.3. The highest BCUT2D eigenvalue weighted by Gasteiger charge is 2.11. The maximum absolute atomic E-state index is 13.6. The Labute approximate surface area is 214 Å². The van der Waals surface area contributed by atoms with Crippen LogP contribution in [0.2, 0.25) is 10.0 Å². The topological polar surface area (TPSA) is 79.8 Å². The molecule has 0 fully saturated rings. The second-order valence-electron chi connectivity index (χ2n) is 6.99. The highest BCUT2D eigenvalue weighted by molar-refractivity contribution is 9.10. The average Bonchev–Trinajstić information content (AvgIpc) is 2.79. The van der Waals surface area contributed by atoms with Crippen molar-refractivity contribution in [2.75, 3.05) is 6.54 Å². The van der Waals surface area contributed by atoms with Crippen LogP contribution >= 0.6 is 39.1 Å². The Morgan fingerprint density at radius 1 is 1.09 bits per heavy atom. The van der Waals surface area contributed by atoms with Crippen LogP contribution in [0.5, 0.6) is 5.75 Å². The van der Waals surface area contributed by atoms with Gasteiger partial charge in [0.15, 0.2) is 0 Å². The largest absolute Gasteiger partial charge is 0.488 e. The van der Waals surface area contributed by atoms with Crippen LogP contribution in [-0.2, 0) is 11.4 Å². The maximum Gasteiger partial charge on any atom is 0.254 e. The molecule has 10 heteroatoms. The van der Waals surface area contributed by atoms with Crippen molar-refractivity contribution in [2.24, 2.45) is 5.10 Å². The normalized spacial score (nSPS) is 10.8. The monoisotopic (exact) mass is 565 g/mol. The van der Waals surface area contributed by atoms with Gasteiger partial charge in [0, 0.05) is 38.6 Å². The number of rotatable bonds is 9. The fraction of sp³-hybridized carbons (Fsp3) is 0.125. The molecule has 34 heavy (non-hydrogen) atoms. The number of nitrogens with zero attached hydrogens (tertiary/aromatic N) is 1. The van der Waals surface area contributed by atoms with Gasteiger partial charge in [-0.25, -0.2) is 9.82 Å². The molecular formula is C24H19BrCl2FN3O3. The summed E-state index contributed by atoms with van der Waals surface area (Å²) in [6.45, 7) is 0.244. The van der Waals surface area contributed by atoms with Gasteiger partial charge in [0.25, 0.3) is 5.91 Å². The molecule has 3 aromatic carbocycles. The van der Waals surface area contributed by atoms with Crippen LogP contribution in [0.15, 0.2) is 70.2 Å². The van der Waals surface area contributed by atoms with Crippen molar-refractivity contribution in [1.82, 2.24) is 10.7 Å². The van der Waals surface area contributed by atoms with Crippen LogP contribution in [0, 0.1) is 5.82 Å². The van der Waals surface area contributed by atoms with Gasteiger partial charge in [-0.3, -0.25) is 9.59 Å². The Kier molecular flexibility index (Phi) is 9.44. The first-order valence-electron chi connectivity index (χ1n) is 10.0. The predicted molar refractivity (Wildman–Crippen MR) is 134 cm³/mol. The Bertz CT molecular complexity index is 1220. The Morgan fingerprint density at radius 3 is 2.65 bits per heavy atom. The summed E-state index contributed by atoms with van der Waals surface area (Å²) in [4.78, 5) is 24.0. The average molecular weight is 567 g/mol. The minimum atomic E-state index is -0.626. The second-order valence-corrected chi connectivity index (χ2v) is 8.74. The molecule has 6 nitrogen and oxygen atoms in total. The molecular weight excluding hydrogens is 548 g/mol. The van der Waals surface area contributed by atoms with E-state index in [1.807, 2.05) is 6.07 Å². The third kappa shape index (κ3) is 7.55. The number of amides is 2. The minimum absolute atomic E-state index is 0.0294. The molecule has 0 spiro atoms. The third-order valence-corrected chi connectivity index (χ3v) is 5.60. The molecule has 0 unspecified atom stereocenters. The maximum atomic E-state index is 13.6. The molecule has 0 aliphatic carbocycles. The van der Waals surface area contributed by atoms with Gasteiger partial charge in [-0.1, -0.05) is 57.3 Å². The van der Waals surface area contributed by atoms with Gasteiger partial charge in [0.2, 0.25) is 5.91 Å². The number of halogens is 4. The molecule has 0 heterocycles. The Balaban J connectivity index is 1.52. The SMILES string of the molecule is O=C(CCNC(=O)c1ccccc1F)NN=Cc1cc(Br)ccc1OCc1ccc(Cl)cc1Cl. The lowest BCUT2D eigenvalue weighted by atomic mass is 10.2. The Morgan fingerprint density at radius 2 is 1.88 bits per heavy atom. The van der Waals surface area contributed by atoms with Crippen molar-refractivity contribution in [3.05, 3.63) is 97.7 Å². The number of hydrazone groups is 1. The van der Waals surface area contributed by atoms with Crippen LogP contribution in [0.25, 0.3) is 0 Å². The van der Waals surface area contributed by atoms with E-state index in [1.54, 1.807) is 36.4 Å². The first-order valence-corrected chi connectivity index (χ1v) is 11.6. The van der Waals surface area contributed by atoms with Gasteiger partial charge in [0.1, 0.15) is 18.2 Å². The lowest BCUT2D eigenvalue weighted by Crippen LogP contribution is -2.29. The highest BCUT2D eigenvalue weighted by atomic mass is 79.9. The highest BCUT2D eigenvalue weighted by Crippen LogP contribution is 2.25. The molecule has 0 saturated carbocycles. The van der Waals surface area contributed by atoms with E-state index in [-0.39, 0.29) is 25.1 Å². The summed E-state index contributed by atoms with van der Waals surface area (Å²) in [5.74, 6) is -1.11. The fourth-order valence-corrected chi connectivity index (χ4v) is 3.65. The smallest absolute Gasteiger partial charge is 0.254 e. The van der Waals surface area contributed by atoms with Crippen molar-refractivity contribution in [1.29, 1.82) is 0 Å². The zero-order chi connectivity index (χ0) is 24.5. The van der Waals surface area contributed by atoms with Crippen molar-refractivity contribution in [3.8, 4) is 5.75 Å². The van der Waals surface area contributed by atoms with Crippen LogP contribution < -0.4 is 15.5 Å². The van der Waals surface area contributed by atoms with Crippen molar-refractivity contribution in [3.63, 3.8) is 0 Å². The summed E-state index contributed by atoms with van der Waals surface area (Å²) in [5.41, 5.74) is 3.69. The van der Waals surface area contributed by atoms with Crippen molar-refractivity contribution < 1.29 is 18.7 Å². The van der Waals surface area contributed by atoms with Gasteiger partial charge in [-0.05, 0) is 42.5 Å². The van der Waals surface area contributed by atoms with Gasteiger partial charge >= 0.3 is 0 Å². The molecule has 2 amide bonds. The van der Waals surface area contributed by atoms with Gasteiger partial charge in [-0.15, -0.1) is 0 Å². The zero-order valence-corrected chi connectivity index (χ0v) is 20.8. The Hall–Kier alpha value is -2.94. The molecule has 0 aliphatic rings. The molecule has 0 aliphatic heterocycles. The number of hydrogen-bond donors (Lipinski definition) is 2. The van der Waals surface area contributed by atoms with E-state index in [9.17, 15) is 14.0 Å². The molecule has 0 bridgehead atoms. The van der Waals surface area contributed by atoms with Crippen LogP contribution in [0.1, 0.15) is 27.9 Å². The van der Waals surface area contributed by atoms with Gasteiger partial charge < -0.3 is 10.1 Å². The number of benzene rings is 3. The summed E-state index contributed by atoms with van der Waals surface area (Å²) in [7, 11) is 0. The molecule has 3 rings (SSSR count). The van der Waals surface area contributed by atoms with Crippen LogP contribution in [0.3, 0.4) is 0 Å². The lowest BCUT2D eigenvalue weighted by molar-refractivity contribution is -0.120. The number of carbonyl (C=O) groups excluding carboxylic acids is 2. The molecule has 0 radical (unpaired) electrons. The summed E-state index contributed by atoms with van der Waals surface area (Å²) in [6.07, 6.45) is 1.41. The van der Waals surface area contributed by atoms with E-state index in [4.69, 9.17) is 27.9 Å². The van der Waals surface area contributed by atoms with E-state index in [0.717, 1.165) is 10.0 Å². The van der Waals surface area contributed by atoms with E-state index in [1.165, 1.54) is 24.4 Å². The number of nitrogens with one attached hydrogen (secondary N) is 2. The second kappa shape index (κ2) is 12.5. The summed E-state index contributed by atoms with van der Waals surface area (Å²) < 4.78 is 20.3. The van der Waals surface area contributed by atoms with Crippen LogP contribution in [0.4, 0.5) is 4.39 Å². The van der Waals surface area contributed by atoms with Crippen molar-refractivity contribution >= 4 is 57.2 Å². The zero-order valence-electron chi connectivity index (χ0n) is 17.7. The standard InChI is InChI=1S/C24H19BrCl2FN3O3/c25-17-6-8-22(34-14-15-5-7-18(26)12-20(15)27)16(11-17)13-30-31-23(32)9-10-29-24(33)19-3-1-2-4-21(19)28/h1-8,11-13H,9-10,14H2,(H,29,33)(H,31,32). The molecule has 176 valence electrons. The van der Waals surface area contributed by atoms with E-state index in [2.05, 4.69) is 31.8 Å². The first kappa shape index (κ1) is 25.7. The third-order valence-electron chi connectivity index (χ3n) is 4.52. The minimum Gasteiger partial charge on any atom is -0.488 e. The number of hydrogen-bond acceptors (Lipinski definition) is 4. The summed E-state index contributed by atoms with van der Waals surface area (Å²) >= 11 is 15.5. The molecule has 0 aromatic heterocycles. The van der Waals surface area contributed by atoms with Crippen LogP contribution in [-0.4, -0.2) is 24.6 Å². The van der Waals surface area contributed by atoms with Gasteiger partial charge in [0.05, 0.1) is 11.8 Å². The summed E-state index contributed by atoms with van der Waals surface area (Å²) in [6, 6.07) is 16.1. The molecule has 0 saturated heterocycles. The predicted octanol–water partition coefficient (Wildman–Crippen LogP) is 5.74. The van der Waals surface area contributed by atoms with E-state index >= 15 is 0 Å². The molecule has 0 atom stereocenters. The number of carbonyl (C=O) groups is 2. The van der Waals surface area contributed by atoms with Crippen molar-refractivity contribution in [2.45, 2.75) is 13.0 Å². The van der Waals surface area contributed by atoms with E-state index < -0.39 is 17.6 Å². The fourth-order valence-electron chi connectivity index (χ4n) is 2.81. The van der Waals surface area contributed by atoms with E-state index in [0.29, 0.717) is 21.4 Å². The molecule has 3 aromatic rings. The summed E-state index contributed by atoms with van der Waals surface area (Å²) in [5, 5.41) is 7.48. The molecule has 2 N–H and O–H groups in total. The quantitative estimate of drug-likeness (QED) is 0.256.